The molecule has 1 aromatic carbocycles. The fourth-order valence-electron chi connectivity index (χ4n) is 1.86. The third-order valence-corrected chi connectivity index (χ3v) is 2.84. The standard InChI is InChI=1S/C14H17N3O/c1-2-3-9-13-12(14(15)18)10-17(16-13)11-7-5-4-6-8-11/h4-8,10H,2-3,9H2,1H3,(H2,15,18). The molecule has 1 amide bonds. The molecule has 0 unspecified atom stereocenters. The number of rotatable bonds is 5. The van der Waals surface area contributed by atoms with Gasteiger partial charge >= 0.3 is 0 Å². The second kappa shape index (κ2) is 5.49. The van der Waals surface area contributed by atoms with E-state index in [4.69, 9.17) is 5.73 Å². The lowest BCUT2D eigenvalue weighted by molar-refractivity contribution is 0.0999. The van der Waals surface area contributed by atoms with E-state index in [2.05, 4.69) is 12.0 Å². The van der Waals surface area contributed by atoms with Crippen LogP contribution in [0.1, 0.15) is 35.8 Å². The van der Waals surface area contributed by atoms with E-state index in [0.717, 1.165) is 30.6 Å². The molecule has 0 aliphatic heterocycles. The highest BCUT2D eigenvalue weighted by atomic mass is 16.1. The van der Waals surface area contributed by atoms with Crippen LogP contribution >= 0.6 is 0 Å². The minimum Gasteiger partial charge on any atom is -0.365 e. The molecular weight excluding hydrogens is 226 g/mol. The number of hydrogen-bond donors (Lipinski definition) is 1. The number of amides is 1. The molecule has 2 aromatic rings. The summed E-state index contributed by atoms with van der Waals surface area (Å²) in [5.74, 6) is -0.414. The molecule has 4 nitrogen and oxygen atoms in total. The molecule has 0 fully saturated rings. The average molecular weight is 243 g/mol. The molecule has 2 N–H and O–H groups in total. The summed E-state index contributed by atoms with van der Waals surface area (Å²) in [7, 11) is 0. The topological polar surface area (TPSA) is 60.9 Å². The number of para-hydroxylation sites is 1. The van der Waals surface area contributed by atoms with Crippen molar-refractivity contribution in [2.24, 2.45) is 5.73 Å². The summed E-state index contributed by atoms with van der Waals surface area (Å²) in [5, 5.41) is 4.46. The van der Waals surface area contributed by atoms with Gasteiger partial charge in [-0.3, -0.25) is 4.79 Å². The van der Waals surface area contributed by atoms with Gasteiger partial charge in [0.1, 0.15) is 0 Å². The van der Waals surface area contributed by atoms with E-state index in [-0.39, 0.29) is 0 Å². The number of aromatic nitrogens is 2. The van der Waals surface area contributed by atoms with Gasteiger partial charge in [0.15, 0.2) is 0 Å². The maximum Gasteiger partial charge on any atom is 0.252 e. The molecule has 0 aliphatic carbocycles. The lowest BCUT2D eigenvalue weighted by atomic mass is 10.1. The number of nitrogens with two attached hydrogens (primary N) is 1. The van der Waals surface area contributed by atoms with E-state index in [1.165, 1.54) is 0 Å². The SMILES string of the molecule is CCCCc1nn(-c2ccccc2)cc1C(N)=O. The van der Waals surface area contributed by atoms with Crippen molar-refractivity contribution in [3.63, 3.8) is 0 Å². The first kappa shape index (κ1) is 12.4. The quantitative estimate of drug-likeness (QED) is 0.876. The molecule has 0 spiro atoms. The van der Waals surface area contributed by atoms with E-state index in [9.17, 15) is 4.79 Å². The molecule has 1 heterocycles. The lowest BCUT2D eigenvalue weighted by Crippen LogP contribution is -2.12. The van der Waals surface area contributed by atoms with Crippen LogP contribution in [0.15, 0.2) is 36.5 Å². The van der Waals surface area contributed by atoms with Crippen molar-refractivity contribution in [3.05, 3.63) is 47.8 Å². The smallest absolute Gasteiger partial charge is 0.252 e. The van der Waals surface area contributed by atoms with Crippen LogP contribution in [0.2, 0.25) is 0 Å². The number of carbonyl (C=O) groups is 1. The molecule has 0 radical (unpaired) electrons. The first-order valence-corrected chi connectivity index (χ1v) is 6.16. The molecule has 0 atom stereocenters. The van der Waals surface area contributed by atoms with Gasteiger partial charge in [0, 0.05) is 6.20 Å². The highest BCUT2D eigenvalue weighted by Gasteiger charge is 2.13. The summed E-state index contributed by atoms with van der Waals surface area (Å²) in [6, 6.07) is 9.71. The van der Waals surface area contributed by atoms with Crippen molar-refractivity contribution in [2.75, 3.05) is 0 Å². The highest BCUT2D eigenvalue weighted by molar-refractivity contribution is 5.93. The van der Waals surface area contributed by atoms with Gasteiger partial charge in [-0.05, 0) is 25.0 Å². The predicted octanol–water partition coefficient (Wildman–Crippen LogP) is 2.31. The molecule has 0 saturated carbocycles. The van der Waals surface area contributed by atoms with Gasteiger partial charge in [0.2, 0.25) is 0 Å². The molecule has 0 saturated heterocycles. The number of aryl methyl sites for hydroxylation is 1. The van der Waals surface area contributed by atoms with Crippen LogP contribution in [0.5, 0.6) is 0 Å². The maximum absolute atomic E-state index is 11.4. The third kappa shape index (κ3) is 2.59. The Hall–Kier alpha value is -2.10. The van der Waals surface area contributed by atoms with E-state index < -0.39 is 5.91 Å². The molecule has 94 valence electrons. The summed E-state index contributed by atoms with van der Waals surface area (Å²) in [4.78, 5) is 11.4. The number of hydrogen-bond acceptors (Lipinski definition) is 2. The number of carbonyl (C=O) groups excluding carboxylic acids is 1. The minimum absolute atomic E-state index is 0.414. The van der Waals surface area contributed by atoms with Crippen molar-refractivity contribution >= 4 is 5.91 Å². The van der Waals surface area contributed by atoms with Crippen molar-refractivity contribution in [2.45, 2.75) is 26.2 Å². The summed E-state index contributed by atoms with van der Waals surface area (Å²) in [5.41, 5.74) is 7.62. The number of benzene rings is 1. The van der Waals surface area contributed by atoms with Crippen LogP contribution in [-0.4, -0.2) is 15.7 Å². The Morgan fingerprint density at radius 3 is 2.67 bits per heavy atom. The molecule has 18 heavy (non-hydrogen) atoms. The second-order valence-electron chi connectivity index (χ2n) is 4.24. The van der Waals surface area contributed by atoms with E-state index in [1.807, 2.05) is 30.3 Å². The van der Waals surface area contributed by atoms with Gasteiger partial charge in [-0.2, -0.15) is 5.10 Å². The summed E-state index contributed by atoms with van der Waals surface area (Å²) in [6.07, 6.45) is 4.57. The van der Waals surface area contributed by atoms with E-state index in [1.54, 1.807) is 10.9 Å². The van der Waals surface area contributed by atoms with Gasteiger partial charge in [0.25, 0.3) is 5.91 Å². The van der Waals surface area contributed by atoms with E-state index >= 15 is 0 Å². The lowest BCUT2D eigenvalue weighted by Gasteiger charge is -1.99. The normalized spacial score (nSPS) is 10.5. The minimum atomic E-state index is -0.414. The Bertz CT molecular complexity index is 531. The highest BCUT2D eigenvalue weighted by Crippen LogP contribution is 2.14. The van der Waals surface area contributed by atoms with Crippen LogP contribution in [0.4, 0.5) is 0 Å². The van der Waals surface area contributed by atoms with E-state index in [0.29, 0.717) is 5.56 Å². The third-order valence-electron chi connectivity index (χ3n) is 2.84. The molecule has 2 rings (SSSR count). The Labute approximate surface area is 106 Å². The number of unbranched alkanes of at least 4 members (excludes halogenated alkanes) is 1. The Kier molecular flexibility index (Phi) is 3.77. The summed E-state index contributed by atoms with van der Waals surface area (Å²) >= 11 is 0. The van der Waals surface area contributed by atoms with Gasteiger partial charge < -0.3 is 5.73 Å². The van der Waals surface area contributed by atoms with Gasteiger partial charge in [-0.1, -0.05) is 31.5 Å². The average Bonchev–Trinajstić information content (AvgIpc) is 2.81. The fourth-order valence-corrected chi connectivity index (χ4v) is 1.86. The van der Waals surface area contributed by atoms with Crippen molar-refractivity contribution < 1.29 is 4.79 Å². The summed E-state index contributed by atoms with van der Waals surface area (Å²) < 4.78 is 1.71. The molecule has 0 bridgehead atoms. The Morgan fingerprint density at radius 2 is 2.06 bits per heavy atom. The van der Waals surface area contributed by atoms with Gasteiger partial charge in [-0.25, -0.2) is 4.68 Å². The van der Waals surface area contributed by atoms with Crippen LogP contribution in [0, 0.1) is 0 Å². The molecule has 0 aliphatic rings. The Balaban J connectivity index is 2.36. The summed E-state index contributed by atoms with van der Waals surface area (Å²) in [6.45, 7) is 2.11. The fraction of sp³-hybridized carbons (Fsp3) is 0.286. The molecule has 1 aromatic heterocycles. The zero-order chi connectivity index (χ0) is 13.0. The number of primary amides is 1. The van der Waals surface area contributed by atoms with Gasteiger partial charge in [-0.15, -0.1) is 0 Å². The van der Waals surface area contributed by atoms with Crippen LogP contribution in [0.25, 0.3) is 5.69 Å². The van der Waals surface area contributed by atoms with Gasteiger partial charge in [0.05, 0.1) is 16.9 Å². The van der Waals surface area contributed by atoms with Crippen molar-refractivity contribution in [3.8, 4) is 5.69 Å². The predicted molar refractivity (Wildman–Crippen MR) is 70.7 cm³/mol. The van der Waals surface area contributed by atoms with Crippen LogP contribution in [0.3, 0.4) is 0 Å². The molecular formula is C14H17N3O. The zero-order valence-corrected chi connectivity index (χ0v) is 10.5. The van der Waals surface area contributed by atoms with Crippen LogP contribution in [-0.2, 0) is 6.42 Å². The van der Waals surface area contributed by atoms with Crippen molar-refractivity contribution in [1.82, 2.24) is 9.78 Å². The number of nitrogens with zero attached hydrogens (tertiary/aromatic N) is 2. The first-order valence-electron chi connectivity index (χ1n) is 6.16. The maximum atomic E-state index is 11.4. The Morgan fingerprint density at radius 1 is 1.33 bits per heavy atom. The van der Waals surface area contributed by atoms with Crippen molar-refractivity contribution in [1.29, 1.82) is 0 Å². The largest absolute Gasteiger partial charge is 0.365 e. The molecule has 4 heteroatoms. The van der Waals surface area contributed by atoms with Crippen LogP contribution < -0.4 is 5.73 Å². The zero-order valence-electron chi connectivity index (χ0n) is 10.5. The monoisotopic (exact) mass is 243 g/mol. The first-order chi connectivity index (χ1) is 8.72. The second-order valence-corrected chi connectivity index (χ2v) is 4.24.